The second-order valence-electron chi connectivity index (χ2n) is 5.35. The molecule has 3 rings (SSSR count). The number of methoxy groups -OCH3 is 1. The third kappa shape index (κ3) is 3.19. The number of benzene rings is 2. The molecule has 0 unspecified atom stereocenters. The maximum Gasteiger partial charge on any atom is 0.133 e. The monoisotopic (exact) mass is 356 g/mol. The molecule has 0 aliphatic carbocycles. The Morgan fingerprint density at radius 3 is 2.29 bits per heavy atom. The predicted octanol–water partition coefficient (Wildman–Crippen LogP) is 5.21. The molecule has 0 saturated carbocycles. The molecule has 24 heavy (non-hydrogen) atoms. The van der Waals surface area contributed by atoms with Gasteiger partial charge in [-0.05, 0) is 36.8 Å². The normalized spacial score (nSPS) is 10.8. The maximum absolute atomic E-state index is 5.52. The van der Waals surface area contributed by atoms with E-state index in [-0.39, 0.29) is 0 Å². The predicted molar refractivity (Wildman–Crippen MR) is 104 cm³/mol. The second kappa shape index (κ2) is 7.36. The Morgan fingerprint density at radius 1 is 0.958 bits per heavy atom. The zero-order valence-electron chi connectivity index (χ0n) is 14.2. The number of aryl methyl sites for hydroxylation is 1. The number of hydrogen-bond donors (Lipinski definition) is 0. The van der Waals surface area contributed by atoms with Crippen molar-refractivity contribution in [3.63, 3.8) is 0 Å². The van der Waals surface area contributed by atoms with Gasteiger partial charge >= 0.3 is 0 Å². The van der Waals surface area contributed by atoms with Gasteiger partial charge in [0, 0.05) is 28.0 Å². The first-order chi connectivity index (χ1) is 11.7. The summed E-state index contributed by atoms with van der Waals surface area (Å²) in [6.45, 7) is 0. The summed E-state index contributed by atoms with van der Waals surface area (Å²) < 4.78 is 7.59. The van der Waals surface area contributed by atoms with Crippen molar-refractivity contribution in [2.75, 3.05) is 19.6 Å². The number of imidazole rings is 1. The van der Waals surface area contributed by atoms with Gasteiger partial charge in [-0.15, -0.1) is 23.5 Å². The lowest BCUT2D eigenvalue weighted by molar-refractivity contribution is 0.405. The van der Waals surface area contributed by atoms with Crippen molar-refractivity contribution >= 4 is 23.5 Å². The van der Waals surface area contributed by atoms with Crippen LogP contribution in [0.3, 0.4) is 0 Å². The minimum Gasteiger partial charge on any atom is -0.496 e. The van der Waals surface area contributed by atoms with Crippen LogP contribution in [0.1, 0.15) is 0 Å². The van der Waals surface area contributed by atoms with Gasteiger partial charge in [-0.3, -0.25) is 0 Å². The molecule has 0 spiro atoms. The average Bonchev–Trinajstić information content (AvgIpc) is 3.02. The van der Waals surface area contributed by atoms with Gasteiger partial charge in [-0.2, -0.15) is 0 Å². The first-order valence-corrected chi connectivity index (χ1v) is 10.0. The van der Waals surface area contributed by atoms with Gasteiger partial charge in [0.15, 0.2) is 0 Å². The summed E-state index contributed by atoms with van der Waals surface area (Å²) in [4.78, 5) is 7.02. The summed E-state index contributed by atoms with van der Waals surface area (Å²) in [7, 11) is 3.74. The lowest BCUT2D eigenvalue weighted by Crippen LogP contribution is -1.93. The summed E-state index contributed by atoms with van der Waals surface area (Å²) in [6.07, 6.45) is 6.00. The molecule has 0 fully saturated rings. The van der Waals surface area contributed by atoms with Crippen LogP contribution in [0.4, 0.5) is 0 Å². The number of nitrogens with zero attached hydrogens (tertiary/aromatic N) is 2. The lowest BCUT2D eigenvalue weighted by atomic mass is 10.0. The Labute approximate surface area is 151 Å². The van der Waals surface area contributed by atoms with Crippen LogP contribution in [0.15, 0.2) is 58.6 Å². The highest BCUT2D eigenvalue weighted by molar-refractivity contribution is 7.98. The molecule has 0 aliphatic rings. The zero-order chi connectivity index (χ0) is 17.1. The molecule has 0 radical (unpaired) electrons. The van der Waals surface area contributed by atoms with E-state index in [4.69, 9.17) is 4.74 Å². The molecule has 0 amide bonds. The number of rotatable bonds is 5. The van der Waals surface area contributed by atoms with Crippen LogP contribution in [0.25, 0.3) is 22.5 Å². The van der Waals surface area contributed by atoms with E-state index in [1.807, 2.05) is 13.4 Å². The van der Waals surface area contributed by atoms with Crippen molar-refractivity contribution in [3.05, 3.63) is 48.8 Å². The van der Waals surface area contributed by atoms with Gasteiger partial charge in [0.25, 0.3) is 0 Å². The first kappa shape index (κ1) is 17.0. The van der Waals surface area contributed by atoms with Crippen LogP contribution < -0.4 is 4.74 Å². The lowest BCUT2D eigenvalue weighted by Gasteiger charge is -2.10. The minimum absolute atomic E-state index is 0.884. The third-order valence-corrected chi connectivity index (χ3v) is 5.48. The Kier molecular flexibility index (Phi) is 5.21. The summed E-state index contributed by atoms with van der Waals surface area (Å²) in [5.41, 5.74) is 4.31. The summed E-state index contributed by atoms with van der Waals surface area (Å²) in [6, 6.07) is 14.9. The number of hydrogen-bond acceptors (Lipinski definition) is 4. The quantitative estimate of drug-likeness (QED) is 0.587. The van der Waals surface area contributed by atoms with E-state index in [0.29, 0.717) is 0 Å². The number of aromatic nitrogens is 2. The second-order valence-corrected chi connectivity index (χ2v) is 7.08. The molecule has 0 aliphatic heterocycles. The molecule has 0 saturated heterocycles. The van der Waals surface area contributed by atoms with Crippen molar-refractivity contribution in [3.8, 4) is 28.3 Å². The fraction of sp³-hybridized carbons (Fsp3) is 0.211. The Morgan fingerprint density at radius 2 is 1.67 bits per heavy atom. The highest BCUT2D eigenvalue weighted by atomic mass is 32.2. The van der Waals surface area contributed by atoms with Crippen LogP contribution in [0, 0.1) is 0 Å². The van der Waals surface area contributed by atoms with E-state index < -0.39 is 0 Å². The van der Waals surface area contributed by atoms with Crippen LogP contribution in [0.2, 0.25) is 0 Å². The van der Waals surface area contributed by atoms with Crippen molar-refractivity contribution < 1.29 is 4.74 Å². The smallest absolute Gasteiger partial charge is 0.133 e. The topological polar surface area (TPSA) is 27.1 Å². The van der Waals surface area contributed by atoms with Gasteiger partial charge < -0.3 is 9.30 Å². The molecule has 0 N–H and O–H groups in total. The fourth-order valence-corrected chi connectivity index (χ4v) is 3.67. The van der Waals surface area contributed by atoms with Gasteiger partial charge in [0.1, 0.15) is 5.75 Å². The third-order valence-electron chi connectivity index (χ3n) is 3.96. The Hall–Kier alpha value is -1.85. The van der Waals surface area contributed by atoms with Crippen LogP contribution in [0.5, 0.6) is 5.75 Å². The molecule has 2 aromatic carbocycles. The Balaban J connectivity index is 2.10. The van der Waals surface area contributed by atoms with Gasteiger partial charge in [0.2, 0.25) is 0 Å². The highest BCUT2D eigenvalue weighted by Crippen LogP contribution is 2.36. The van der Waals surface area contributed by atoms with E-state index in [2.05, 4.69) is 64.5 Å². The fourth-order valence-electron chi connectivity index (χ4n) is 2.71. The van der Waals surface area contributed by atoms with E-state index in [1.54, 1.807) is 30.6 Å². The van der Waals surface area contributed by atoms with Crippen molar-refractivity contribution in [2.24, 2.45) is 7.05 Å². The number of thioether (sulfide) groups is 2. The largest absolute Gasteiger partial charge is 0.496 e. The molecule has 3 nitrogen and oxygen atoms in total. The molecule has 3 aromatic rings. The highest BCUT2D eigenvalue weighted by Gasteiger charge is 2.15. The van der Waals surface area contributed by atoms with Crippen LogP contribution in [-0.2, 0) is 7.05 Å². The van der Waals surface area contributed by atoms with Gasteiger partial charge in [0.05, 0.1) is 24.8 Å². The van der Waals surface area contributed by atoms with Gasteiger partial charge in [-0.25, -0.2) is 4.98 Å². The molecule has 0 atom stereocenters. The number of ether oxygens (including phenoxy) is 1. The van der Waals surface area contributed by atoms with E-state index in [9.17, 15) is 0 Å². The Bertz CT molecular complexity index is 841. The average molecular weight is 357 g/mol. The molecule has 5 heteroatoms. The SMILES string of the molecule is COc1cc(-c2ncn(C)c2-c2ccc(SC)cc2)ccc1SC. The maximum atomic E-state index is 5.52. The van der Waals surface area contributed by atoms with Crippen LogP contribution >= 0.6 is 23.5 Å². The summed E-state index contributed by atoms with van der Waals surface area (Å²) in [5.74, 6) is 0.884. The van der Waals surface area contributed by atoms with Gasteiger partial charge in [-0.1, -0.05) is 18.2 Å². The molecular weight excluding hydrogens is 336 g/mol. The molecular formula is C19H20N2OS2. The molecule has 1 heterocycles. The molecule has 124 valence electrons. The zero-order valence-corrected chi connectivity index (χ0v) is 15.9. The van der Waals surface area contributed by atoms with Crippen LogP contribution in [-0.4, -0.2) is 29.2 Å². The van der Waals surface area contributed by atoms with E-state index in [0.717, 1.165) is 33.2 Å². The molecule has 0 bridgehead atoms. The minimum atomic E-state index is 0.884. The summed E-state index contributed by atoms with van der Waals surface area (Å²) in [5, 5.41) is 0. The van der Waals surface area contributed by atoms with E-state index >= 15 is 0 Å². The standard InChI is InChI=1S/C19H20N2OS2/c1-21-12-20-18(14-7-10-17(24-4)16(11-14)22-2)19(21)13-5-8-15(23-3)9-6-13/h5-12H,1-4H3. The van der Waals surface area contributed by atoms with Crippen molar-refractivity contribution in [1.29, 1.82) is 0 Å². The summed E-state index contributed by atoms with van der Waals surface area (Å²) >= 11 is 3.43. The van der Waals surface area contributed by atoms with Crippen molar-refractivity contribution in [2.45, 2.75) is 9.79 Å². The van der Waals surface area contributed by atoms with Crippen molar-refractivity contribution in [1.82, 2.24) is 9.55 Å². The van der Waals surface area contributed by atoms with E-state index in [1.165, 1.54) is 4.90 Å². The first-order valence-electron chi connectivity index (χ1n) is 7.56. The molecule has 1 aromatic heterocycles.